The molecule has 0 aliphatic heterocycles. The van der Waals surface area contributed by atoms with Crippen molar-refractivity contribution in [1.82, 2.24) is 9.97 Å². The Kier molecular flexibility index (Phi) is 5.03. The Morgan fingerprint density at radius 2 is 1.88 bits per heavy atom. The van der Waals surface area contributed by atoms with E-state index >= 15 is 0 Å². The van der Waals surface area contributed by atoms with E-state index in [-0.39, 0.29) is 5.88 Å². The van der Waals surface area contributed by atoms with Gasteiger partial charge < -0.3 is 4.74 Å². The zero-order chi connectivity index (χ0) is 17.9. The van der Waals surface area contributed by atoms with E-state index in [2.05, 4.69) is 9.97 Å². The number of nitrogens with zero attached hydrogens (tertiary/aromatic N) is 2. The topological polar surface area (TPSA) is 35.0 Å². The number of benzene rings is 1. The number of alkyl halides is 3. The molecule has 130 valence electrons. The standard InChI is InChI=1S/C18H15F3N2OS/c1-12-10-15(4-2-13(12)3-5-17-23-8-9-25-17)24-16-11-14(6-7-22-16)18(19,20)21/h2,4,6-11H,3,5H2,1H3. The first-order chi connectivity index (χ1) is 11.9. The number of rotatable bonds is 5. The van der Waals surface area contributed by atoms with Gasteiger partial charge in [-0.25, -0.2) is 9.97 Å². The molecule has 0 aliphatic carbocycles. The first-order valence-corrected chi connectivity index (χ1v) is 8.49. The Hall–Kier alpha value is -2.41. The first-order valence-electron chi connectivity index (χ1n) is 7.61. The molecular formula is C18H15F3N2OS. The molecule has 2 aromatic heterocycles. The number of hydrogen-bond acceptors (Lipinski definition) is 4. The van der Waals surface area contributed by atoms with E-state index in [1.54, 1.807) is 29.7 Å². The summed E-state index contributed by atoms with van der Waals surface area (Å²) in [7, 11) is 0. The second-order valence-electron chi connectivity index (χ2n) is 5.50. The highest BCUT2D eigenvalue weighted by atomic mass is 32.1. The summed E-state index contributed by atoms with van der Waals surface area (Å²) in [4.78, 5) is 8.10. The van der Waals surface area contributed by atoms with Crippen LogP contribution in [0.4, 0.5) is 13.2 Å². The van der Waals surface area contributed by atoms with Gasteiger partial charge in [0.05, 0.1) is 10.6 Å². The van der Waals surface area contributed by atoms with Crippen LogP contribution >= 0.6 is 11.3 Å². The van der Waals surface area contributed by atoms with Gasteiger partial charge >= 0.3 is 6.18 Å². The van der Waals surface area contributed by atoms with E-state index in [9.17, 15) is 13.2 Å². The van der Waals surface area contributed by atoms with Gasteiger partial charge in [0.25, 0.3) is 0 Å². The molecule has 7 heteroatoms. The molecule has 2 heterocycles. The molecule has 3 rings (SSSR count). The average molecular weight is 364 g/mol. The van der Waals surface area contributed by atoms with Crippen LogP contribution in [0.5, 0.6) is 11.6 Å². The van der Waals surface area contributed by atoms with Gasteiger partial charge in [0, 0.05) is 30.3 Å². The van der Waals surface area contributed by atoms with E-state index in [1.165, 1.54) is 0 Å². The number of halogens is 3. The van der Waals surface area contributed by atoms with Crippen LogP contribution in [0.1, 0.15) is 21.7 Å². The Morgan fingerprint density at radius 1 is 1.04 bits per heavy atom. The average Bonchev–Trinajstić information content (AvgIpc) is 3.07. The molecule has 0 saturated heterocycles. The maximum atomic E-state index is 12.7. The molecule has 0 amide bonds. The SMILES string of the molecule is Cc1cc(Oc2cc(C(F)(F)F)ccn2)ccc1CCc1nccs1. The summed E-state index contributed by atoms with van der Waals surface area (Å²) < 4.78 is 43.7. The summed E-state index contributed by atoms with van der Waals surface area (Å²) >= 11 is 1.62. The van der Waals surface area contributed by atoms with Crippen LogP contribution < -0.4 is 4.74 Å². The summed E-state index contributed by atoms with van der Waals surface area (Å²) in [6, 6.07) is 7.28. The van der Waals surface area contributed by atoms with Gasteiger partial charge in [-0.3, -0.25) is 0 Å². The Morgan fingerprint density at radius 3 is 2.56 bits per heavy atom. The van der Waals surface area contributed by atoms with Gasteiger partial charge in [-0.2, -0.15) is 13.2 Å². The van der Waals surface area contributed by atoms with Gasteiger partial charge in [0.15, 0.2) is 0 Å². The van der Waals surface area contributed by atoms with Gasteiger partial charge in [-0.1, -0.05) is 6.07 Å². The Labute approximate surface area is 147 Å². The Bertz CT molecular complexity index is 848. The molecule has 3 nitrogen and oxygen atoms in total. The highest BCUT2D eigenvalue weighted by Gasteiger charge is 2.31. The third kappa shape index (κ3) is 4.57. The molecule has 0 saturated carbocycles. The number of pyridine rings is 1. The molecule has 0 fully saturated rings. The van der Waals surface area contributed by atoms with Crippen LogP contribution in [0.25, 0.3) is 0 Å². The van der Waals surface area contributed by atoms with Crippen LogP contribution in [0.2, 0.25) is 0 Å². The molecule has 25 heavy (non-hydrogen) atoms. The zero-order valence-corrected chi connectivity index (χ0v) is 14.2. The zero-order valence-electron chi connectivity index (χ0n) is 13.4. The summed E-state index contributed by atoms with van der Waals surface area (Å²) in [6.45, 7) is 1.95. The molecule has 0 unspecified atom stereocenters. The fourth-order valence-electron chi connectivity index (χ4n) is 2.39. The van der Waals surface area contributed by atoms with Gasteiger partial charge in [-0.05, 0) is 42.7 Å². The maximum Gasteiger partial charge on any atom is 0.416 e. The lowest BCUT2D eigenvalue weighted by atomic mass is 10.0. The minimum absolute atomic E-state index is 0.0789. The smallest absolute Gasteiger partial charge is 0.416 e. The van der Waals surface area contributed by atoms with Crippen molar-refractivity contribution in [2.24, 2.45) is 0 Å². The summed E-state index contributed by atoms with van der Waals surface area (Å²) in [5, 5.41) is 3.02. The molecule has 0 radical (unpaired) electrons. The normalized spacial score (nSPS) is 11.5. The van der Waals surface area contributed by atoms with Crippen LogP contribution in [0.3, 0.4) is 0 Å². The van der Waals surface area contributed by atoms with Crippen molar-refractivity contribution in [1.29, 1.82) is 0 Å². The molecule has 0 bridgehead atoms. The van der Waals surface area contributed by atoms with Crippen LogP contribution in [-0.4, -0.2) is 9.97 Å². The summed E-state index contributed by atoms with van der Waals surface area (Å²) in [5.41, 5.74) is 1.38. The van der Waals surface area contributed by atoms with Crippen molar-refractivity contribution in [2.75, 3.05) is 0 Å². The van der Waals surface area contributed by atoms with E-state index in [4.69, 9.17) is 4.74 Å². The van der Waals surface area contributed by atoms with Crippen LogP contribution in [0.15, 0.2) is 48.1 Å². The second-order valence-corrected chi connectivity index (χ2v) is 6.48. The largest absolute Gasteiger partial charge is 0.439 e. The first kappa shape index (κ1) is 17.4. The highest BCUT2D eigenvalue weighted by Crippen LogP contribution is 2.32. The van der Waals surface area contributed by atoms with Crippen molar-refractivity contribution in [2.45, 2.75) is 25.9 Å². The summed E-state index contributed by atoms with van der Waals surface area (Å²) in [6.07, 6.45) is 0.158. The van der Waals surface area contributed by atoms with E-state index in [1.807, 2.05) is 18.4 Å². The van der Waals surface area contributed by atoms with Crippen LogP contribution in [0, 0.1) is 6.92 Å². The maximum absolute atomic E-state index is 12.7. The molecule has 0 aliphatic rings. The van der Waals surface area contributed by atoms with Crippen molar-refractivity contribution in [3.63, 3.8) is 0 Å². The molecule has 0 atom stereocenters. The van der Waals surface area contributed by atoms with Crippen LogP contribution in [-0.2, 0) is 19.0 Å². The fraction of sp³-hybridized carbons (Fsp3) is 0.222. The second kappa shape index (κ2) is 7.23. The van der Waals surface area contributed by atoms with E-state index in [0.29, 0.717) is 5.75 Å². The third-order valence-electron chi connectivity index (χ3n) is 3.69. The quantitative estimate of drug-likeness (QED) is 0.604. The predicted octanol–water partition coefficient (Wildman–Crippen LogP) is 5.44. The monoisotopic (exact) mass is 364 g/mol. The minimum atomic E-state index is -4.42. The van der Waals surface area contributed by atoms with Gasteiger partial charge in [0.1, 0.15) is 5.75 Å². The summed E-state index contributed by atoms with van der Waals surface area (Å²) in [5.74, 6) is 0.382. The number of aromatic nitrogens is 2. The number of ether oxygens (including phenoxy) is 1. The molecule has 0 spiro atoms. The lowest BCUT2D eigenvalue weighted by molar-refractivity contribution is -0.137. The number of aryl methyl sites for hydroxylation is 3. The van der Waals surface area contributed by atoms with Crippen molar-refractivity contribution in [3.05, 3.63) is 69.8 Å². The predicted molar refractivity (Wildman–Crippen MR) is 90.0 cm³/mol. The lowest BCUT2D eigenvalue weighted by Gasteiger charge is -2.11. The molecule has 1 aromatic carbocycles. The third-order valence-corrected chi connectivity index (χ3v) is 4.53. The van der Waals surface area contributed by atoms with Crippen molar-refractivity contribution in [3.8, 4) is 11.6 Å². The van der Waals surface area contributed by atoms with E-state index in [0.717, 1.165) is 47.3 Å². The Balaban J connectivity index is 1.70. The van der Waals surface area contributed by atoms with Gasteiger partial charge in [0.2, 0.25) is 5.88 Å². The fourth-order valence-corrected chi connectivity index (χ4v) is 3.01. The van der Waals surface area contributed by atoms with E-state index < -0.39 is 11.7 Å². The number of hydrogen-bond donors (Lipinski definition) is 0. The van der Waals surface area contributed by atoms with Crippen molar-refractivity contribution < 1.29 is 17.9 Å². The van der Waals surface area contributed by atoms with Gasteiger partial charge in [-0.15, -0.1) is 11.3 Å². The minimum Gasteiger partial charge on any atom is -0.439 e. The van der Waals surface area contributed by atoms with Crippen molar-refractivity contribution >= 4 is 11.3 Å². The number of thiazole rings is 1. The molecule has 0 N–H and O–H groups in total. The highest BCUT2D eigenvalue weighted by molar-refractivity contribution is 7.09. The molecule has 3 aromatic rings. The molecular weight excluding hydrogens is 349 g/mol. The lowest BCUT2D eigenvalue weighted by Crippen LogP contribution is -2.05.